The zero-order valence-corrected chi connectivity index (χ0v) is 11.9. The monoisotopic (exact) mass is 273 g/mol. The van der Waals surface area contributed by atoms with Crippen LogP contribution in [0.1, 0.15) is 25.0 Å². The van der Waals surface area contributed by atoms with Crippen LogP contribution in [0.2, 0.25) is 0 Å². The summed E-state index contributed by atoms with van der Waals surface area (Å²) in [7, 11) is 0. The van der Waals surface area contributed by atoms with Crippen LogP contribution in [0, 0.1) is 5.82 Å². The maximum atomic E-state index is 13.6. The van der Waals surface area contributed by atoms with Gasteiger partial charge in [-0.2, -0.15) is 0 Å². The zero-order valence-electron chi connectivity index (χ0n) is 11.9. The van der Waals surface area contributed by atoms with Gasteiger partial charge in [0.25, 0.3) is 0 Å². The van der Waals surface area contributed by atoms with Crippen molar-refractivity contribution >= 4 is 0 Å². The topological polar surface area (TPSA) is 21.3 Å². The Bertz CT molecular complexity index is 540. The fraction of sp³-hybridized carbons (Fsp3) is 0.294. The smallest absolute Gasteiger partial charge is 0.127 e. The van der Waals surface area contributed by atoms with E-state index < -0.39 is 0 Å². The molecule has 0 fully saturated rings. The van der Waals surface area contributed by atoms with Crippen molar-refractivity contribution in [3.63, 3.8) is 0 Å². The summed E-state index contributed by atoms with van der Waals surface area (Å²) in [4.78, 5) is 0. The van der Waals surface area contributed by atoms with Crippen LogP contribution in [0.25, 0.3) is 0 Å². The van der Waals surface area contributed by atoms with E-state index in [0.29, 0.717) is 24.9 Å². The number of benzene rings is 2. The van der Waals surface area contributed by atoms with Crippen LogP contribution in [-0.2, 0) is 13.2 Å². The van der Waals surface area contributed by atoms with Gasteiger partial charge in [-0.25, -0.2) is 4.39 Å². The molecule has 0 heterocycles. The van der Waals surface area contributed by atoms with Crippen molar-refractivity contribution in [3.8, 4) is 5.75 Å². The largest absolute Gasteiger partial charge is 0.489 e. The van der Waals surface area contributed by atoms with Crippen LogP contribution in [0.15, 0.2) is 48.5 Å². The molecule has 0 saturated carbocycles. The summed E-state index contributed by atoms with van der Waals surface area (Å²) in [6, 6.07) is 15.0. The van der Waals surface area contributed by atoms with Crippen molar-refractivity contribution in [2.24, 2.45) is 0 Å². The molecule has 0 spiro atoms. The predicted octanol–water partition coefficient (Wildman–Crippen LogP) is 3.90. The standard InChI is InChI=1S/C17H20FNO/c1-13(2)19-11-15-8-16(18)10-17(9-15)20-12-14-6-4-3-5-7-14/h3-10,13,19H,11-12H2,1-2H3. The van der Waals surface area contributed by atoms with Crippen molar-refractivity contribution in [1.82, 2.24) is 5.32 Å². The van der Waals surface area contributed by atoms with Gasteiger partial charge in [-0.3, -0.25) is 0 Å². The van der Waals surface area contributed by atoms with Gasteiger partial charge in [0.1, 0.15) is 18.2 Å². The highest BCUT2D eigenvalue weighted by atomic mass is 19.1. The van der Waals surface area contributed by atoms with Gasteiger partial charge in [0, 0.05) is 18.7 Å². The lowest BCUT2D eigenvalue weighted by atomic mass is 10.2. The highest BCUT2D eigenvalue weighted by Gasteiger charge is 2.03. The highest BCUT2D eigenvalue weighted by Crippen LogP contribution is 2.18. The first-order valence-electron chi connectivity index (χ1n) is 6.83. The number of hydrogen-bond donors (Lipinski definition) is 1. The van der Waals surface area contributed by atoms with Gasteiger partial charge in [0.05, 0.1) is 0 Å². The first-order chi connectivity index (χ1) is 9.63. The Labute approximate surface area is 119 Å². The number of nitrogens with one attached hydrogen (secondary N) is 1. The molecule has 0 aliphatic carbocycles. The SMILES string of the molecule is CC(C)NCc1cc(F)cc(OCc2ccccc2)c1. The lowest BCUT2D eigenvalue weighted by Crippen LogP contribution is -2.21. The minimum atomic E-state index is -0.267. The Morgan fingerprint density at radius 3 is 2.50 bits per heavy atom. The first kappa shape index (κ1) is 14.5. The molecule has 0 saturated heterocycles. The summed E-state index contributed by atoms with van der Waals surface area (Å²) in [5.41, 5.74) is 1.96. The van der Waals surface area contributed by atoms with E-state index in [1.807, 2.05) is 36.4 Å². The second kappa shape index (κ2) is 7.06. The number of halogens is 1. The van der Waals surface area contributed by atoms with Crippen molar-refractivity contribution in [2.75, 3.05) is 0 Å². The molecular formula is C17H20FNO. The molecule has 0 radical (unpaired) electrons. The van der Waals surface area contributed by atoms with Gasteiger partial charge in [-0.15, -0.1) is 0 Å². The molecule has 106 valence electrons. The van der Waals surface area contributed by atoms with Gasteiger partial charge in [0.2, 0.25) is 0 Å². The van der Waals surface area contributed by atoms with E-state index in [9.17, 15) is 4.39 Å². The maximum absolute atomic E-state index is 13.6. The number of rotatable bonds is 6. The van der Waals surface area contributed by atoms with Crippen LogP contribution >= 0.6 is 0 Å². The summed E-state index contributed by atoms with van der Waals surface area (Å²) in [5, 5.41) is 3.27. The average Bonchev–Trinajstić information content (AvgIpc) is 2.44. The molecule has 0 amide bonds. The summed E-state index contributed by atoms with van der Waals surface area (Å²) >= 11 is 0. The fourth-order valence-corrected chi connectivity index (χ4v) is 1.87. The molecule has 0 aliphatic heterocycles. The van der Waals surface area contributed by atoms with Crippen molar-refractivity contribution in [1.29, 1.82) is 0 Å². The maximum Gasteiger partial charge on any atom is 0.127 e. The van der Waals surface area contributed by atoms with Gasteiger partial charge in [-0.1, -0.05) is 44.2 Å². The Morgan fingerprint density at radius 2 is 1.80 bits per heavy atom. The minimum Gasteiger partial charge on any atom is -0.489 e. The van der Waals surface area contributed by atoms with E-state index in [4.69, 9.17) is 4.74 Å². The lowest BCUT2D eigenvalue weighted by molar-refractivity contribution is 0.304. The molecule has 20 heavy (non-hydrogen) atoms. The molecule has 2 rings (SSSR count). The third kappa shape index (κ3) is 4.67. The summed E-state index contributed by atoms with van der Waals surface area (Å²) in [6.07, 6.45) is 0. The first-order valence-corrected chi connectivity index (χ1v) is 6.83. The third-order valence-corrected chi connectivity index (χ3v) is 2.89. The van der Waals surface area contributed by atoms with Crippen molar-refractivity contribution < 1.29 is 9.13 Å². The fourth-order valence-electron chi connectivity index (χ4n) is 1.87. The summed E-state index contributed by atoms with van der Waals surface area (Å²) < 4.78 is 19.2. The van der Waals surface area contributed by atoms with Crippen LogP contribution in [0.4, 0.5) is 4.39 Å². The molecule has 2 aromatic carbocycles. The summed E-state index contributed by atoms with van der Waals surface area (Å²) in [6.45, 7) is 5.21. The second-order valence-corrected chi connectivity index (χ2v) is 5.11. The van der Waals surface area contributed by atoms with Crippen molar-refractivity contribution in [3.05, 3.63) is 65.5 Å². The van der Waals surface area contributed by atoms with Crippen LogP contribution in [0.3, 0.4) is 0 Å². The Morgan fingerprint density at radius 1 is 1.05 bits per heavy atom. The molecule has 0 aliphatic rings. The van der Waals surface area contributed by atoms with Gasteiger partial charge in [-0.05, 0) is 23.3 Å². The van der Waals surface area contributed by atoms with E-state index in [-0.39, 0.29) is 5.82 Å². The predicted molar refractivity (Wildman–Crippen MR) is 79.1 cm³/mol. The van der Waals surface area contributed by atoms with Gasteiger partial charge < -0.3 is 10.1 Å². The average molecular weight is 273 g/mol. The van der Waals surface area contributed by atoms with E-state index in [0.717, 1.165) is 11.1 Å². The molecule has 0 atom stereocenters. The Kier molecular flexibility index (Phi) is 5.13. The van der Waals surface area contributed by atoms with Crippen LogP contribution < -0.4 is 10.1 Å². The second-order valence-electron chi connectivity index (χ2n) is 5.11. The van der Waals surface area contributed by atoms with E-state index >= 15 is 0 Å². The summed E-state index contributed by atoms with van der Waals surface area (Å²) in [5.74, 6) is 0.297. The van der Waals surface area contributed by atoms with E-state index in [2.05, 4.69) is 19.2 Å². The highest BCUT2D eigenvalue weighted by molar-refractivity contribution is 5.30. The number of hydrogen-bond acceptors (Lipinski definition) is 2. The van der Waals surface area contributed by atoms with Gasteiger partial charge >= 0.3 is 0 Å². The Hall–Kier alpha value is -1.87. The number of ether oxygens (including phenoxy) is 1. The molecule has 0 unspecified atom stereocenters. The molecule has 0 bridgehead atoms. The van der Waals surface area contributed by atoms with Crippen molar-refractivity contribution in [2.45, 2.75) is 33.0 Å². The normalized spacial score (nSPS) is 10.8. The Balaban J connectivity index is 2.00. The zero-order chi connectivity index (χ0) is 14.4. The molecule has 1 N–H and O–H groups in total. The minimum absolute atomic E-state index is 0.267. The van der Waals surface area contributed by atoms with Gasteiger partial charge in [0.15, 0.2) is 0 Å². The van der Waals surface area contributed by atoms with E-state index in [1.165, 1.54) is 12.1 Å². The quantitative estimate of drug-likeness (QED) is 0.861. The molecule has 3 heteroatoms. The lowest BCUT2D eigenvalue weighted by Gasteiger charge is -2.11. The molecule has 2 nitrogen and oxygen atoms in total. The molecular weight excluding hydrogens is 253 g/mol. The third-order valence-electron chi connectivity index (χ3n) is 2.89. The molecule has 0 aromatic heterocycles. The van der Waals surface area contributed by atoms with Crippen LogP contribution in [0.5, 0.6) is 5.75 Å². The van der Waals surface area contributed by atoms with E-state index in [1.54, 1.807) is 0 Å². The van der Waals surface area contributed by atoms with Crippen LogP contribution in [-0.4, -0.2) is 6.04 Å². The molecule has 2 aromatic rings.